The number of nitrogens with zero attached hydrogens (tertiary/aromatic N) is 2. The van der Waals surface area contributed by atoms with Gasteiger partial charge in [0.05, 0.1) is 11.3 Å². The van der Waals surface area contributed by atoms with Crippen molar-refractivity contribution in [2.75, 3.05) is 11.9 Å². The molecule has 0 unspecified atom stereocenters. The maximum atomic E-state index is 12.4. The fourth-order valence-electron chi connectivity index (χ4n) is 3.08. The van der Waals surface area contributed by atoms with E-state index in [-0.39, 0.29) is 12.5 Å². The van der Waals surface area contributed by atoms with Crippen molar-refractivity contribution in [2.45, 2.75) is 26.2 Å². The number of thiophene rings is 1. The van der Waals surface area contributed by atoms with Crippen LogP contribution in [-0.4, -0.2) is 22.7 Å². The lowest BCUT2D eigenvalue weighted by molar-refractivity contribution is -0.118. The Morgan fingerprint density at radius 1 is 1.10 bits per heavy atom. The molecule has 0 aliphatic heterocycles. The van der Waals surface area contributed by atoms with Crippen LogP contribution in [-0.2, 0) is 11.2 Å². The summed E-state index contributed by atoms with van der Waals surface area (Å²) in [6.07, 6.45) is 0.423. The van der Waals surface area contributed by atoms with Gasteiger partial charge in [-0.3, -0.25) is 4.79 Å². The number of anilines is 1. The monoisotopic (exact) mass is 433 g/mol. The minimum atomic E-state index is -0.231. The molecular formula is C24H23N3O3S. The van der Waals surface area contributed by atoms with Crippen LogP contribution in [0.4, 0.5) is 5.69 Å². The topological polar surface area (TPSA) is 77.2 Å². The summed E-state index contributed by atoms with van der Waals surface area (Å²) in [5.41, 5.74) is 2.81. The Bertz CT molecular complexity index is 1140. The van der Waals surface area contributed by atoms with E-state index >= 15 is 0 Å². The second-order valence-electron chi connectivity index (χ2n) is 7.38. The molecular weight excluding hydrogens is 410 g/mol. The molecule has 6 nitrogen and oxygen atoms in total. The molecule has 0 aliphatic carbocycles. The van der Waals surface area contributed by atoms with Crippen molar-refractivity contribution in [3.05, 3.63) is 83.1 Å². The summed E-state index contributed by atoms with van der Waals surface area (Å²) in [5.74, 6) is 1.95. The van der Waals surface area contributed by atoms with Gasteiger partial charge in [0, 0.05) is 5.69 Å². The largest absolute Gasteiger partial charge is 0.484 e. The SMILES string of the molecule is CC(C)c1ccc(OCC(=O)Nc2ccccc2Cc2nc(-c3cccs3)no2)cc1. The van der Waals surface area contributed by atoms with Crippen LogP contribution in [0.25, 0.3) is 10.7 Å². The number of hydrogen-bond acceptors (Lipinski definition) is 6. The van der Waals surface area contributed by atoms with Crippen molar-refractivity contribution in [1.29, 1.82) is 0 Å². The first kappa shape index (κ1) is 20.8. The van der Waals surface area contributed by atoms with Crippen LogP contribution in [0, 0.1) is 0 Å². The van der Waals surface area contributed by atoms with Crippen molar-refractivity contribution < 1.29 is 14.1 Å². The molecule has 2 aromatic carbocycles. The van der Waals surface area contributed by atoms with Gasteiger partial charge in [-0.15, -0.1) is 11.3 Å². The van der Waals surface area contributed by atoms with E-state index in [0.717, 1.165) is 10.4 Å². The smallest absolute Gasteiger partial charge is 0.262 e. The molecule has 0 radical (unpaired) electrons. The Morgan fingerprint density at radius 2 is 1.90 bits per heavy atom. The third-order valence-corrected chi connectivity index (χ3v) is 5.63. The number of nitrogens with one attached hydrogen (secondary N) is 1. The van der Waals surface area contributed by atoms with Gasteiger partial charge >= 0.3 is 0 Å². The molecule has 31 heavy (non-hydrogen) atoms. The predicted octanol–water partition coefficient (Wildman–Crippen LogP) is 5.53. The highest BCUT2D eigenvalue weighted by molar-refractivity contribution is 7.13. The zero-order chi connectivity index (χ0) is 21.6. The number of amides is 1. The molecule has 0 aliphatic rings. The molecule has 2 aromatic heterocycles. The second-order valence-corrected chi connectivity index (χ2v) is 8.33. The third-order valence-electron chi connectivity index (χ3n) is 4.76. The number of benzene rings is 2. The molecule has 0 saturated heterocycles. The highest BCUT2D eigenvalue weighted by Gasteiger charge is 2.13. The number of carbonyl (C=O) groups is 1. The summed E-state index contributed by atoms with van der Waals surface area (Å²) in [4.78, 5) is 17.9. The van der Waals surface area contributed by atoms with Gasteiger partial charge in [0.2, 0.25) is 11.7 Å². The van der Waals surface area contributed by atoms with Gasteiger partial charge in [0.25, 0.3) is 5.91 Å². The lowest BCUT2D eigenvalue weighted by atomic mass is 10.0. The maximum absolute atomic E-state index is 12.4. The molecule has 158 valence electrons. The molecule has 7 heteroatoms. The summed E-state index contributed by atoms with van der Waals surface area (Å²) < 4.78 is 11.0. The van der Waals surface area contributed by atoms with Gasteiger partial charge in [-0.1, -0.05) is 55.4 Å². The molecule has 0 atom stereocenters. The van der Waals surface area contributed by atoms with Crippen molar-refractivity contribution in [2.24, 2.45) is 0 Å². The van der Waals surface area contributed by atoms with Gasteiger partial charge in [-0.25, -0.2) is 0 Å². The summed E-state index contributed by atoms with van der Waals surface area (Å²) >= 11 is 1.56. The standard InChI is InChI=1S/C24H23N3O3S/c1-16(2)17-9-11-19(12-10-17)29-15-22(28)25-20-7-4-3-6-18(20)14-23-26-24(27-30-23)21-8-5-13-31-21/h3-13,16H,14-15H2,1-2H3,(H,25,28). The van der Waals surface area contributed by atoms with Crippen molar-refractivity contribution in [3.8, 4) is 16.5 Å². The first-order valence-corrected chi connectivity index (χ1v) is 10.9. The number of ether oxygens (including phenoxy) is 1. The average molecular weight is 434 g/mol. The van der Waals surface area contributed by atoms with Crippen molar-refractivity contribution in [3.63, 3.8) is 0 Å². The molecule has 0 saturated carbocycles. The third kappa shape index (κ3) is 5.38. The van der Waals surface area contributed by atoms with Crippen LogP contribution in [0.2, 0.25) is 0 Å². The van der Waals surface area contributed by atoms with E-state index in [9.17, 15) is 4.79 Å². The number of para-hydroxylation sites is 1. The number of aromatic nitrogens is 2. The highest BCUT2D eigenvalue weighted by atomic mass is 32.1. The Hall–Kier alpha value is -3.45. The van der Waals surface area contributed by atoms with Gasteiger partial charge in [0.1, 0.15) is 5.75 Å². The zero-order valence-corrected chi connectivity index (χ0v) is 18.2. The Morgan fingerprint density at radius 3 is 2.65 bits per heavy atom. The first-order chi connectivity index (χ1) is 15.1. The number of carbonyl (C=O) groups excluding carboxylic acids is 1. The zero-order valence-electron chi connectivity index (χ0n) is 17.4. The number of hydrogen-bond donors (Lipinski definition) is 1. The molecule has 0 spiro atoms. The van der Waals surface area contributed by atoms with E-state index in [1.54, 1.807) is 11.3 Å². The Balaban J connectivity index is 1.37. The summed E-state index contributed by atoms with van der Waals surface area (Å²) in [7, 11) is 0. The first-order valence-electron chi connectivity index (χ1n) is 10.1. The lowest BCUT2D eigenvalue weighted by Gasteiger charge is -2.11. The van der Waals surface area contributed by atoms with E-state index in [4.69, 9.17) is 9.26 Å². The maximum Gasteiger partial charge on any atom is 0.262 e. The van der Waals surface area contributed by atoms with Crippen LogP contribution in [0.1, 0.15) is 36.8 Å². The second kappa shape index (κ2) is 9.57. The minimum absolute atomic E-state index is 0.0710. The van der Waals surface area contributed by atoms with E-state index in [1.165, 1.54) is 5.56 Å². The summed E-state index contributed by atoms with van der Waals surface area (Å²) in [5, 5.41) is 8.92. The van der Waals surface area contributed by atoms with Crippen molar-refractivity contribution in [1.82, 2.24) is 10.1 Å². The van der Waals surface area contributed by atoms with Gasteiger partial charge in [-0.2, -0.15) is 4.98 Å². The minimum Gasteiger partial charge on any atom is -0.484 e. The predicted molar refractivity (Wildman–Crippen MR) is 122 cm³/mol. The Labute approximate surface area is 184 Å². The van der Waals surface area contributed by atoms with Crippen LogP contribution in [0.3, 0.4) is 0 Å². The van der Waals surface area contributed by atoms with Crippen molar-refractivity contribution >= 4 is 22.9 Å². The molecule has 1 N–H and O–H groups in total. The lowest BCUT2D eigenvalue weighted by Crippen LogP contribution is -2.21. The van der Waals surface area contributed by atoms with Gasteiger partial charge in [0.15, 0.2) is 6.61 Å². The van der Waals surface area contributed by atoms with Crippen LogP contribution >= 0.6 is 11.3 Å². The molecule has 4 aromatic rings. The number of rotatable bonds is 8. The summed E-state index contributed by atoms with van der Waals surface area (Å²) in [6.45, 7) is 4.20. The van der Waals surface area contributed by atoms with Crippen LogP contribution < -0.4 is 10.1 Å². The fraction of sp³-hybridized carbons (Fsp3) is 0.208. The molecule has 2 heterocycles. The van der Waals surface area contributed by atoms with E-state index < -0.39 is 0 Å². The average Bonchev–Trinajstić information content (AvgIpc) is 3.46. The molecule has 0 fully saturated rings. The molecule has 4 rings (SSSR count). The van der Waals surface area contributed by atoms with E-state index in [0.29, 0.717) is 35.5 Å². The Kier molecular flexibility index (Phi) is 6.43. The van der Waals surface area contributed by atoms with Gasteiger partial charge < -0.3 is 14.6 Å². The van der Waals surface area contributed by atoms with Crippen LogP contribution in [0.5, 0.6) is 5.75 Å². The summed E-state index contributed by atoms with van der Waals surface area (Å²) in [6, 6.07) is 19.3. The van der Waals surface area contributed by atoms with E-state index in [2.05, 4.69) is 29.3 Å². The van der Waals surface area contributed by atoms with Crippen LogP contribution in [0.15, 0.2) is 70.6 Å². The molecule has 1 amide bonds. The quantitative estimate of drug-likeness (QED) is 0.395. The fourth-order valence-corrected chi connectivity index (χ4v) is 3.73. The molecule has 0 bridgehead atoms. The van der Waals surface area contributed by atoms with Gasteiger partial charge in [-0.05, 0) is 46.7 Å². The van der Waals surface area contributed by atoms with E-state index in [1.807, 2.05) is 66.0 Å². The highest BCUT2D eigenvalue weighted by Crippen LogP contribution is 2.24. The normalized spacial score (nSPS) is 10.9.